The van der Waals surface area contributed by atoms with Gasteiger partial charge in [0.1, 0.15) is 0 Å². The molecule has 0 aliphatic rings. The molecule has 0 radical (unpaired) electrons. The molecule has 10 aromatic rings. The predicted octanol–water partition coefficient (Wildman–Crippen LogP) is 13.5. The lowest BCUT2D eigenvalue weighted by Crippen LogP contribution is -2.11. The first-order valence-electron chi connectivity index (χ1n) is 20.5. The van der Waals surface area contributed by atoms with Crippen molar-refractivity contribution >= 4 is 21.8 Å². The minimum absolute atomic E-state index is 0.116. The van der Waals surface area contributed by atoms with Crippen molar-refractivity contribution in [1.82, 2.24) is 24.5 Å². The summed E-state index contributed by atoms with van der Waals surface area (Å²) < 4.78 is 2.35. The van der Waals surface area contributed by atoms with E-state index in [4.69, 9.17) is 19.9 Å². The highest BCUT2D eigenvalue weighted by atomic mass is 15.0. The predicted molar refractivity (Wildman–Crippen MR) is 248 cm³/mol. The van der Waals surface area contributed by atoms with Gasteiger partial charge in [-0.15, -0.1) is 0 Å². The first-order chi connectivity index (χ1) is 29.8. The molecule has 10 rings (SSSR count). The maximum Gasteiger partial charge on any atom is 0.160 e. The van der Waals surface area contributed by atoms with Gasteiger partial charge in [0.15, 0.2) is 11.6 Å². The normalized spacial score (nSPS) is 11.5. The lowest BCUT2D eigenvalue weighted by atomic mass is 9.86. The SMILES string of the molecule is CC(C)(C)c1ccc2c3ccccc3n(-c3c(-c4cc(-c5ccccc5)nc(-c5ccccc5)n4)cc(C#N)cc3-c3cc(-c4ccccc4)nc(-c4ccccc4)n3)c2c1. The zero-order chi connectivity index (χ0) is 41.5. The first kappa shape index (κ1) is 37.3. The summed E-state index contributed by atoms with van der Waals surface area (Å²) in [5.74, 6) is 1.17. The van der Waals surface area contributed by atoms with Crippen molar-refractivity contribution in [3.63, 3.8) is 0 Å². The molecule has 0 unspecified atom stereocenters. The fraction of sp³-hybridized carbons (Fsp3) is 0.0727. The van der Waals surface area contributed by atoms with E-state index in [-0.39, 0.29) is 5.41 Å². The van der Waals surface area contributed by atoms with Crippen LogP contribution in [-0.2, 0) is 5.41 Å². The Balaban J connectivity index is 1.38. The molecule has 0 bridgehead atoms. The molecule has 3 heterocycles. The molecule has 3 aromatic heterocycles. The van der Waals surface area contributed by atoms with Crippen LogP contribution in [0.15, 0.2) is 188 Å². The monoisotopic (exact) mass is 784 g/mol. The molecule has 0 fully saturated rings. The van der Waals surface area contributed by atoms with Crippen LogP contribution in [0.5, 0.6) is 0 Å². The second kappa shape index (κ2) is 15.3. The Labute approximate surface area is 355 Å². The van der Waals surface area contributed by atoms with Crippen LogP contribution < -0.4 is 0 Å². The van der Waals surface area contributed by atoms with E-state index in [1.165, 1.54) is 5.56 Å². The van der Waals surface area contributed by atoms with E-state index in [1.807, 2.05) is 121 Å². The van der Waals surface area contributed by atoms with Gasteiger partial charge in [-0.05, 0) is 47.4 Å². The summed E-state index contributed by atoms with van der Waals surface area (Å²) in [6, 6.07) is 66.4. The molecular weight excluding hydrogens is 745 g/mol. The molecule has 7 aromatic carbocycles. The number of fused-ring (bicyclic) bond motifs is 3. The van der Waals surface area contributed by atoms with Crippen molar-refractivity contribution in [1.29, 1.82) is 5.26 Å². The van der Waals surface area contributed by atoms with Gasteiger partial charge in [-0.3, -0.25) is 0 Å². The molecule has 6 heteroatoms. The molecule has 0 aliphatic heterocycles. The van der Waals surface area contributed by atoms with Gasteiger partial charge in [-0.2, -0.15) is 5.26 Å². The minimum Gasteiger partial charge on any atom is -0.308 e. The average Bonchev–Trinajstić information content (AvgIpc) is 3.65. The summed E-state index contributed by atoms with van der Waals surface area (Å²) in [6.07, 6.45) is 0. The Morgan fingerprint density at radius 1 is 0.426 bits per heavy atom. The average molecular weight is 785 g/mol. The van der Waals surface area contributed by atoms with Gasteiger partial charge >= 0.3 is 0 Å². The fourth-order valence-electron chi connectivity index (χ4n) is 8.13. The Kier molecular flexibility index (Phi) is 9.35. The van der Waals surface area contributed by atoms with Crippen molar-refractivity contribution < 1.29 is 0 Å². The van der Waals surface area contributed by atoms with Gasteiger partial charge in [-0.25, -0.2) is 19.9 Å². The van der Waals surface area contributed by atoms with E-state index >= 15 is 0 Å². The van der Waals surface area contributed by atoms with E-state index in [9.17, 15) is 5.26 Å². The molecule has 0 atom stereocenters. The van der Waals surface area contributed by atoms with E-state index in [0.29, 0.717) is 28.6 Å². The Bertz CT molecular complexity index is 3010. The highest BCUT2D eigenvalue weighted by molar-refractivity contribution is 6.11. The zero-order valence-corrected chi connectivity index (χ0v) is 34.1. The third kappa shape index (κ3) is 7.03. The maximum absolute atomic E-state index is 10.9. The van der Waals surface area contributed by atoms with Crippen molar-refractivity contribution in [2.75, 3.05) is 0 Å². The van der Waals surface area contributed by atoms with Gasteiger partial charge in [0.25, 0.3) is 0 Å². The van der Waals surface area contributed by atoms with Crippen LogP contribution in [0.4, 0.5) is 0 Å². The quantitative estimate of drug-likeness (QED) is 0.161. The van der Waals surface area contributed by atoms with Crippen molar-refractivity contribution in [2.24, 2.45) is 0 Å². The molecule has 0 spiro atoms. The molecule has 61 heavy (non-hydrogen) atoms. The summed E-state index contributed by atoms with van der Waals surface area (Å²) >= 11 is 0. The Morgan fingerprint density at radius 2 is 0.852 bits per heavy atom. The van der Waals surface area contributed by atoms with Crippen molar-refractivity contribution in [2.45, 2.75) is 26.2 Å². The van der Waals surface area contributed by atoms with Gasteiger partial charge in [0.2, 0.25) is 0 Å². The number of para-hydroxylation sites is 1. The lowest BCUT2D eigenvalue weighted by Gasteiger charge is -2.22. The van der Waals surface area contributed by atoms with E-state index in [2.05, 4.69) is 98.1 Å². The van der Waals surface area contributed by atoms with E-state index in [1.54, 1.807) is 0 Å². The van der Waals surface area contributed by atoms with Crippen LogP contribution >= 0.6 is 0 Å². The second-order valence-corrected chi connectivity index (χ2v) is 16.3. The summed E-state index contributed by atoms with van der Waals surface area (Å²) in [4.78, 5) is 21.0. The number of rotatable bonds is 7. The van der Waals surface area contributed by atoms with Crippen LogP contribution in [0.1, 0.15) is 31.9 Å². The summed E-state index contributed by atoms with van der Waals surface area (Å²) in [5.41, 5.74) is 12.7. The number of nitrogens with zero attached hydrogens (tertiary/aromatic N) is 6. The molecule has 290 valence electrons. The highest BCUT2D eigenvalue weighted by Gasteiger charge is 2.26. The molecular formula is C55H40N6. The second-order valence-electron chi connectivity index (χ2n) is 16.3. The standard InChI is InChI=1S/C55H40N6/c1-55(2,3)41-28-29-43-42-26-16-17-27-50(42)61(51(43)32-41)52-44(48-33-46(37-18-8-4-9-19-37)57-53(59-48)39-22-12-6-13-23-39)30-36(35-56)31-45(52)49-34-47(38-20-10-5-11-21-38)58-54(60-49)40-24-14-7-15-25-40/h4-34H,1-3H3. The summed E-state index contributed by atoms with van der Waals surface area (Å²) in [6.45, 7) is 6.73. The number of hydrogen-bond donors (Lipinski definition) is 0. The Hall–Kier alpha value is -8.01. The Morgan fingerprint density at radius 3 is 1.33 bits per heavy atom. The van der Waals surface area contributed by atoms with Crippen LogP contribution in [0.2, 0.25) is 0 Å². The zero-order valence-electron chi connectivity index (χ0n) is 34.1. The minimum atomic E-state index is -0.116. The molecule has 6 nitrogen and oxygen atoms in total. The van der Waals surface area contributed by atoms with Crippen LogP contribution in [0, 0.1) is 11.3 Å². The van der Waals surface area contributed by atoms with Gasteiger partial charge in [-0.1, -0.05) is 172 Å². The van der Waals surface area contributed by atoms with Crippen LogP contribution in [0.25, 0.3) is 95.3 Å². The third-order valence-corrected chi connectivity index (χ3v) is 11.2. The summed E-state index contributed by atoms with van der Waals surface area (Å²) in [5, 5.41) is 13.1. The van der Waals surface area contributed by atoms with Crippen molar-refractivity contribution in [3.05, 3.63) is 199 Å². The van der Waals surface area contributed by atoms with E-state index < -0.39 is 0 Å². The largest absolute Gasteiger partial charge is 0.308 e. The molecule has 0 N–H and O–H groups in total. The number of hydrogen-bond acceptors (Lipinski definition) is 5. The lowest BCUT2D eigenvalue weighted by molar-refractivity contribution is 0.591. The highest BCUT2D eigenvalue weighted by Crippen LogP contribution is 2.44. The van der Waals surface area contributed by atoms with E-state index in [0.717, 1.165) is 72.3 Å². The molecule has 0 saturated carbocycles. The molecule has 0 aliphatic carbocycles. The smallest absolute Gasteiger partial charge is 0.160 e. The first-order valence-corrected chi connectivity index (χ1v) is 20.5. The third-order valence-electron chi connectivity index (χ3n) is 11.2. The number of benzene rings is 7. The number of nitriles is 1. The van der Waals surface area contributed by atoms with Crippen LogP contribution in [0.3, 0.4) is 0 Å². The molecule has 0 saturated heterocycles. The van der Waals surface area contributed by atoms with Gasteiger partial charge in [0, 0.05) is 44.2 Å². The van der Waals surface area contributed by atoms with Gasteiger partial charge in [0.05, 0.1) is 51.1 Å². The number of aromatic nitrogens is 5. The van der Waals surface area contributed by atoms with Gasteiger partial charge < -0.3 is 4.57 Å². The van der Waals surface area contributed by atoms with Crippen molar-refractivity contribution in [3.8, 4) is 79.6 Å². The molecule has 0 amide bonds. The topological polar surface area (TPSA) is 80.3 Å². The van der Waals surface area contributed by atoms with Crippen LogP contribution in [-0.4, -0.2) is 24.5 Å². The summed E-state index contributed by atoms with van der Waals surface area (Å²) in [7, 11) is 0. The maximum atomic E-state index is 10.9. The fourth-order valence-corrected chi connectivity index (χ4v) is 8.13.